The van der Waals surface area contributed by atoms with Crippen molar-refractivity contribution in [3.05, 3.63) is 47.0 Å². The summed E-state index contributed by atoms with van der Waals surface area (Å²) in [5.74, 6) is 0.812. The molecule has 0 bridgehead atoms. The van der Waals surface area contributed by atoms with Crippen molar-refractivity contribution >= 4 is 32.4 Å². The second kappa shape index (κ2) is 7.21. The van der Waals surface area contributed by atoms with Crippen LogP contribution in [0, 0.1) is 6.92 Å². The Labute approximate surface area is 184 Å². The SMILES string of the molecule is Cc1nnc(-n2c(CCc3cnn(C)c3)nc3ccc(S(=O)(=O)NC4(C)CC4)cc32)s1. The molecular weight excluding hydrogens is 434 g/mol. The van der Waals surface area contributed by atoms with Gasteiger partial charge in [0.2, 0.25) is 15.2 Å². The number of fused-ring (bicyclic) bond motifs is 1. The first-order chi connectivity index (χ1) is 14.7. The summed E-state index contributed by atoms with van der Waals surface area (Å²) in [5, 5.41) is 14.2. The van der Waals surface area contributed by atoms with Crippen LogP contribution in [-0.4, -0.2) is 43.5 Å². The Balaban J connectivity index is 1.58. The molecule has 0 saturated heterocycles. The highest BCUT2D eigenvalue weighted by Crippen LogP contribution is 2.36. The van der Waals surface area contributed by atoms with Crippen LogP contribution in [0.3, 0.4) is 0 Å². The van der Waals surface area contributed by atoms with Gasteiger partial charge in [0.05, 0.1) is 22.1 Å². The molecule has 3 heterocycles. The summed E-state index contributed by atoms with van der Waals surface area (Å²) in [6.07, 6.45) is 6.97. The molecule has 1 aromatic carbocycles. The minimum atomic E-state index is -3.62. The number of sulfonamides is 1. The standard InChI is InChI=1S/C20H23N7O2S2/c1-13-23-24-19(30-13)27-17-10-15(31(28,29)25-20(2)8-9-20)5-6-16(17)22-18(27)7-4-14-11-21-26(3)12-14/h5-6,10-12,25H,4,7-9H2,1-3H3. The molecule has 0 spiro atoms. The molecule has 1 aliphatic rings. The smallest absolute Gasteiger partial charge is 0.241 e. The fourth-order valence-electron chi connectivity index (χ4n) is 3.56. The molecule has 162 valence electrons. The van der Waals surface area contributed by atoms with Crippen molar-refractivity contribution in [2.24, 2.45) is 7.05 Å². The fraction of sp³-hybridized carbons (Fsp3) is 0.400. The zero-order valence-electron chi connectivity index (χ0n) is 17.5. The van der Waals surface area contributed by atoms with Gasteiger partial charge in [-0.15, -0.1) is 10.2 Å². The highest BCUT2D eigenvalue weighted by Gasteiger charge is 2.41. The van der Waals surface area contributed by atoms with Crippen LogP contribution in [-0.2, 0) is 29.9 Å². The molecule has 0 radical (unpaired) electrons. The molecule has 0 amide bonds. The second-order valence-electron chi connectivity index (χ2n) is 8.31. The highest BCUT2D eigenvalue weighted by molar-refractivity contribution is 7.89. The van der Waals surface area contributed by atoms with Gasteiger partial charge in [-0.3, -0.25) is 9.25 Å². The lowest BCUT2D eigenvalue weighted by atomic mass is 10.2. The van der Waals surface area contributed by atoms with E-state index in [1.165, 1.54) is 11.3 Å². The lowest BCUT2D eigenvalue weighted by Crippen LogP contribution is -2.34. The summed E-state index contributed by atoms with van der Waals surface area (Å²) in [6.45, 7) is 3.82. The maximum Gasteiger partial charge on any atom is 0.241 e. The van der Waals surface area contributed by atoms with Crippen LogP contribution in [0.15, 0.2) is 35.5 Å². The van der Waals surface area contributed by atoms with Gasteiger partial charge in [0.1, 0.15) is 10.8 Å². The third-order valence-electron chi connectivity index (χ3n) is 5.49. The van der Waals surface area contributed by atoms with Crippen LogP contribution in [0.4, 0.5) is 0 Å². The maximum atomic E-state index is 12.9. The number of rotatable bonds is 7. The van der Waals surface area contributed by atoms with Gasteiger partial charge in [0, 0.05) is 25.2 Å². The van der Waals surface area contributed by atoms with Crippen LogP contribution < -0.4 is 4.72 Å². The minimum absolute atomic E-state index is 0.231. The fourth-order valence-corrected chi connectivity index (χ4v) is 5.77. The van der Waals surface area contributed by atoms with E-state index >= 15 is 0 Å². The molecule has 11 heteroatoms. The number of nitrogens with one attached hydrogen (secondary N) is 1. The second-order valence-corrected chi connectivity index (χ2v) is 11.1. The topological polar surface area (TPSA) is 108 Å². The first-order valence-electron chi connectivity index (χ1n) is 10.1. The van der Waals surface area contributed by atoms with E-state index in [-0.39, 0.29) is 10.4 Å². The van der Waals surface area contributed by atoms with Crippen LogP contribution in [0.25, 0.3) is 16.2 Å². The molecule has 31 heavy (non-hydrogen) atoms. The van der Waals surface area contributed by atoms with Gasteiger partial charge in [0.25, 0.3) is 0 Å². The van der Waals surface area contributed by atoms with Crippen LogP contribution in [0.5, 0.6) is 0 Å². The Kier molecular flexibility index (Phi) is 4.72. The summed E-state index contributed by atoms with van der Waals surface area (Å²) >= 11 is 1.45. The first kappa shape index (κ1) is 20.3. The van der Waals surface area contributed by atoms with Crippen molar-refractivity contribution in [3.63, 3.8) is 0 Å². The predicted octanol–water partition coefficient (Wildman–Crippen LogP) is 2.53. The summed E-state index contributed by atoms with van der Waals surface area (Å²) in [7, 11) is -1.73. The van der Waals surface area contributed by atoms with E-state index in [2.05, 4.69) is 20.0 Å². The Morgan fingerprint density at radius 3 is 2.68 bits per heavy atom. The van der Waals surface area contributed by atoms with Crippen LogP contribution in [0.2, 0.25) is 0 Å². The minimum Gasteiger partial charge on any atom is -0.276 e. The van der Waals surface area contributed by atoms with Crippen molar-refractivity contribution in [1.82, 2.24) is 34.3 Å². The molecule has 3 aromatic heterocycles. The largest absolute Gasteiger partial charge is 0.276 e. The molecule has 4 aromatic rings. The van der Waals surface area contributed by atoms with Crippen LogP contribution in [0.1, 0.15) is 36.2 Å². The van der Waals surface area contributed by atoms with Gasteiger partial charge < -0.3 is 0 Å². The normalized spacial score (nSPS) is 15.6. The first-order valence-corrected chi connectivity index (χ1v) is 12.4. The molecule has 9 nitrogen and oxygen atoms in total. The monoisotopic (exact) mass is 457 g/mol. The highest BCUT2D eigenvalue weighted by atomic mass is 32.2. The quantitative estimate of drug-likeness (QED) is 0.457. The van der Waals surface area contributed by atoms with Crippen molar-refractivity contribution < 1.29 is 8.42 Å². The van der Waals surface area contributed by atoms with Crippen LogP contribution >= 0.6 is 11.3 Å². The van der Waals surface area contributed by atoms with Crippen molar-refractivity contribution in [1.29, 1.82) is 0 Å². The molecule has 5 rings (SSSR count). The summed E-state index contributed by atoms with van der Waals surface area (Å²) in [5.41, 5.74) is 2.21. The molecule has 1 N–H and O–H groups in total. The maximum absolute atomic E-state index is 12.9. The van der Waals surface area contributed by atoms with Gasteiger partial charge >= 0.3 is 0 Å². The molecule has 1 saturated carbocycles. The third-order valence-corrected chi connectivity index (χ3v) is 7.95. The molecule has 1 fully saturated rings. The summed E-state index contributed by atoms with van der Waals surface area (Å²) in [6, 6.07) is 5.06. The van der Waals surface area contributed by atoms with E-state index in [0.717, 1.165) is 41.2 Å². The van der Waals surface area contributed by atoms with Gasteiger partial charge in [-0.1, -0.05) is 11.3 Å². The Morgan fingerprint density at radius 2 is 2.03 bits per heavy atom. The Bertz CT molecular complexity index is 1380. The van der Waals surface area contributed by atoms with E-state index in [1.54, 1.807) is 22.9 Å². The number of imidazole rings is 1. The van der Waals surface area contributed by atoms with E-state index < -0.39 is 10.0 Å². The predicted molar refractivity (Wildman–Crippen MR) is 118 cm³/mol. The zero-order valence-corrected chi connectivity index (χ0v) is 19.2. The van der Waals surface area contributed by atoms with E-state index in [9.17, 15) is 8.42 Å². The number of hydrogen-bond donors (Lipinski definition) is 1. The Hall–Kier alpha value is -2.63. The number of aryl methyl sites for hydroxylation is 4. The summed E-state index contributed by atoms with van der Waals surface area (Å²) < 4.78 is 32.4. The van der Waals surface area contributed by atoms with Crippen molar-refractivity contribution in [2.75, 3.05) is 0 Å². The number of benzene rings is 1. The number of nitrogens with zero attached hydrogens (tertiary/aromatic N) is 6. The lowest BCUT2D eigenvalue weighted by molar-refractivity contribution is 0.558. The van der Waals surface area contributed by atoms with Crippen molar-refractivity contribution in [3.8, 4) is 5.13 Å². The Morgan fingerprint density at radius 1 is 1.23 bits per heavy atom. The van der Waals surface area contributed by atoms with Crippen molar-refractivity contribution in [2.45, 2.75) is 50.0 Å². The summed E-state index contributed by atoms with van der Waals surface area (Å²) in [4.78, 5) is 5.02. The zero-order chi connectivity index (χ0) is 21.8. The molecule has 1 aliphatic carbocycles. The average molecular weight is 458 g/mol. The van der Waals surface area contributed by atoms with Gasteiger partial charge in [-0.05, 0) is 56.9 Å². The van der Waals surface area contributed by atoms with Gasteiger partial charge in [-0.2, -0.15) is 5.10 Å². The van der Waals surface area contributed by atoms with E-state index in [0.29, 0.717) is 17.1 Å². The van der Waals surface area contributed by atoms with E-state index in [4.69, 9.17) is 4.98 Å². The number of hydrogen-bond acceptors (Lipinski definition) is 7. The van der Waals surface area contributed by atoms with Gasteiger partial charge in [0.15, 0.2) is 0 Å². The molecular formula is C20H23N7O2S2. The van der Waals surface area contributed by atoms with E-state index in [1.807, 2.05) is 37.9 Å². The lowest BCUT2D eigenvalue weighted by Gasteiger charge is -2.12. The number of aromatic nitrogens is 6. The molecule has 0 aliphatic heterocycles. The molecule has 0 unspecified atom stereocenters. The third kappa shape index (κ3) is 4.00. The van der Waals surface area contributed by atoms with Gasteiger partial charge in [-0.25, -0.2) is 18.1 Å². The molecule has 0 atom stereocenters. The average Bonchev–Trinajstić information content (AvgIpc) is 3.06.